The Morgan fingerprint density at radius 2 is 1.44 bits per heavy atom. The highest BCUT2D eigenvalue weighted by atomic mass is 16.2. The second-order valence-corrected chi connectivity index (χ2v) is 8.82. The van der Waals surface area contributed by atoms with Crippen LogP contribution in [0, 0.1) is 5.92 Å². The van der Waals surface area contributed by atoms with E-state index < -0.39 is 0 Å². The van der Waals surface area contributed by atoms with E-state index in [2.05, 4.69) is 16.0 Å². The molecule has 168 valence electrons. The fraction of sp³-hybridized carbons (Fsp3) is 0.222. The molecule has 34 heavy (non-hydrogen) atoms. The molecule has 2 aromatic heterocycles. The number of piperidine rings is 1. The van der Waals surface area contributed by atoms with Gasteiger partial charge < -0.3 is 4.90 Å². The van der Waals surface area contributed by atoms with E-state index in [0.29, 0.717) is 23.5 Å². The normalized spacial score (nSPS) is 16.4. The van der Waals surface area contributed by atoms with Crippen molar-refractivity contribution in [3.63, 3.8) is 0 Å². The molecule has 6 rings (SSSR count). The maximum absolute atomic E-state index is 12.8. The molecule has 7 heteroatoms. The lowest BCUT2D eigenvalue weighted by molar-refractivity contribution is 0.0621. The van der Waals surface area contributed by atoms with Crippen LogP contribution in [0.25, 0.3) is 22.3 Å². The third-order valence-corrected chi connectivity index (χ3v) is 6.75. The standard InChI is InChI=1S/C27H23N5O2/c33-26-20-5-1-2-6-21(20)27(34)32(26)17-18-11-15-31(16-12-18)25-22-7-3-4-8-23(22)29-24(30-25)19-9-13-28-14-10-19/h1-10,13-14,18H,11-12,15-17H2. The molecule has 0 N–H and O–H groups in total. The second-order valence-electron chi connectivity index (χ2n) is 8.82. The van der Waals surface area contributed by atoms with E-state index in [4.69, 9.17) is 9.97 Å². The molecule has 1 saturated heterocycles. The Morgan fingerprint density at radius 3 is 2.15 bits per heavy atom. The Balaban J connectivity index is 1.22. The van der Waals surface area contributed by atoms with Crippen LogP contribution in [0.5, 0.6) is 0 Å². The van der Waals surface area contributed by atoms with Gasteiger partial charge in [0.05, 0.1) is 16.6 Å². The van der Waals surface area contributed by atoms with Crippen molar-refractivity contribution in [2.24, 2.45) is 5.92 Å². The van der Waals surface area contributed by atoms with Gasteiger partial charge in [0.1, 0.15) is 5.82 Å². The van der Waals surface area contributed by atoms with E-state index in [0.717, 1.165) is 48.2 Å². The first-order valence-corrected chi connectivity index (χ1v) is 11.6. The third kappa shape index (κ3) is 3.50. The van der Waals surface area contributed by atoms with Crippen molar-refractivity contribution < 1.29 is 9.59 Å². The number of hydrogen-bond donors (Lipinski definition) is 0. The second kappa shape index (κ2) is 8.33. The molecule has 2 amide bonds. The van der Waals surface area contributed by atoms with Crippen molar-refractivity contribution in [3.05, 3.63) is 84.2 Å². The number of carbonyl (C=O) groups is 2. The average molecular weight is 450 g/mol. The maximum Gasteiger partial charge on any atom is 0.261 e. The number of hydrogen-bond acceptors (Lipinski definition) is 6. The van der Waals surface area contributed by atoms with Crippen LogP contribution in [0.15, 0.2) is 73.1 Å². The molecule has 0 saturated carbocycles. The Hall–Kier alpha value is -4.13. The molecule has 0 bridgehead atoms. The zero-order chi connectivity index (χ0) is 23.1. The molecule has 2 aliphatic rings. The van der Waals surface area contributed by atoms with Crippen LogP contribution in [0.2, 0.25) is 0 Å². The van der Waals surface area contributed by atoms with Gasteiger partial charge >= 0.3 is 0 Å². The van der Waals surface area contributed by atoms with Crippen LogP contribution in [-0.2, 0) is 0 Å². The van der Waals surface area contributed by atoms with Crippen molar-refractivity contribution in [1.82, 2.24) is 19.9 Å². The van der Waals surface area contributed by atoms with Gasteiger partial charge in [-0.05, 0) is 55.2 Å². The number of nitrogens with zero attached hydrogens (tertiary/aromatic N) is 5. The van der Waals surface area contributed by atoms with Gasteiger partial charge in [-0.3, -0.25) is 19.5 Å². The van der Waals surface area contributed by atoms with Crippen molar-refractivity contribution in [1.29, 1.82) is 0 Å². The molecule has 0 radical (unpaired) electrons. The molecule has 2 aliphatic heterocycles. The first kappa shape index (κ1) is 20.5. The predicted molar refractivity (Wildman–Crippen MR) is 130 cm³/mol. The quantitative estimate of drug-likeness (QED) is 0.435. The summed E-state index contributed by atoms with van der Waals surface area (Å²) in [5.41, 5.74) is 2.87. The van der Waals surface area contributed by atoms with Gasteiger partial charge in [-0.15, -0.1) is 0 Å². The number of fused-ring (bicyclic) bond motifs is 2. The summed E-state index contributed by atoms with van der Waals surface area (Å²) in [5, 5.41) is 1.03. The fourth-order valence-electron chi connectivity index (χ4n) is 4.92. The lowest BCUT2D eigenvalue weighted by Crippen LogP contribution is -2.41. The summed E-state index contributed by atoms with van der Waals surface area (Å²) in [6.07, 6.45) is 5.27. The number of carbonyl (C=O) groups excluding carboxylic acids is 2. The Morgan fingerprint density at radius 1 is 0.794 bits per heavy atom. The lowest BCUT2D eigenvalue weighted by atomic mass is 9.96. The minimum absolute atomic E-state index is 0.174. The summed E-state index contributed by atoms with van der Waals surface area (Å²) in [6, 6.07) is 19.0. The molecule has 1 fully saturated rings. The highest BCUT2D eigenvalue weighted by Gasteiger charge is 2.37. The van der Waals surface area contributed by atoms with Crippen LogP contribution >= 0.6 is 0 Å². The zero-order valence-corrected chi connectivity index (χ0v) is 18.6. The average Bonchev–Trinajstić information content (AvgIpc) is 3.14. The summed E-state index contributed by atoms with van der Waals surface area (Å²) in [7, 11) is 0. The Bertz CT molecular complexity index is 1360. The van der Waals surface area contributed by atoms with Crippen LogP contribution in [-0.4, -0.2) is 51.3 Å². The third-order valence-electron chi connectivity index (χ3n) is 6.75. The van der Waals surface area contributed by atoms with Crippen molar-refractivity contribution >= 4 is 28.5 Å². The van der Waals surface area contributed by atoms with E-state index in [1.165, 1.54) is 4.90 Å². The van der Waals surface area contributed by atoms with E-state index in [1.54, 1.807) is 36.7 Å². The van der Waals surface area contributed by atoms with Gasteiger partial charge in [-0.2, -0.15) is 0 Å². The first-order chi connectivity index (χ1) is 16.7. The van der Waals surface area contributed by atoms with Gasteiger partial charge in [0.2, 0.25) is 0 Å². The molecule has 4 heterocycles. The molecule has 4 aromatic rings. The number of rotatable bonds is 4. The molecule has 0 atom stereocenters. The smallest absolute Gasteiger partial charge is 0.261 e. The van der Waals surface area contributed by atoms with E-state index >= 15 is 0 Å². The number of aromatic nitrogens is 3. The molecular formula is C27H23N5O2. The fourth-order valence-corrected chi connectivity index (χ4v) is 4.92. The van der Waals surface area contributed by atoms with Gasteiger partial charge in [0, 0.05) is 43.0 Å². The number of benzene rings is 2. The molecule has 7 nitrogen and oxygen atoms in total. The number of anilines is 1. The predicted octanol–water partition coefficient (Wildman–Crippen LogP) is 4.20. The highest BCUT2D eigenvalue weighted by Crippen LogP contribution is 2.32. The molecule has 0 aliphatic carbocycles. The molecule has 0 unspecified atom stereocenters. The lowest BCUT2D eigenvalue weighted by Gasteiger charge is -2.34. The summed E-state index contributed by atoms with van der Waals surface area (Å²) in [6.45, 7) is 2.09. The molecule has 2 aromatic carbocycles. The Labute approximate surface area is 197 Å². The number of imide groups is 1. The van der Waals surface area contributed by atoms with Crippen LogP contribution in [0.3, 0.4) is 0 Å². The summed E-state index contributed by atoms with van der Waals surface area (Å²) in [4.78, 5) is 43.1. The summed E-state index contributed by atoms with van der Waals surface area (Å²) >= 11 is 0. The summed E-state index contributed by atoms with van der Waals surface area (Å²) < 4.78 is 0. The molecule has 0 spiro atoms. The number of amides is 2. The topological polar surface area (TPSA) is 79.3 Å². The van der Waals surface area contributed by atoms with Crippen molar-refractivity contribution in [2.45, 2.75) is 12.8 Å². The minimum atomic E-state index is -0.174. The largest absolute Gasteiger partial charge is 0.356 e. The van der Waals surface area contributed by atoms with Gasteiger partial charge in [0.15, 0.2) is 5.82 Å². The van der Waals surface area contributed by atoms with Crippen molar-refractivity contribution in [3.8, 4) is 11.4 Å². The Kier molecular flexibility index (Phi) is 5.02. The maximum atomic E-state index is 12.8. The van der Waals surface area contributed by atoms with Crippen molar-refractivity contribution in [2.75, 3.05) is 24.5 Å². The van der Waals surface area contributed by atoms with Gasteiger partial charge in [0.25, 0.3) is 11.8 Å². The monoisotopic (exact) mass is 449 g/mol. The zero-order valence-electron chi connectivity index (χ0n) is 18.6. The van der Waals surface area contributed by atoms with E-state index in [9.17, 15) is 9.59 Å². The molecular weight excluding hydrogens is 426 g/mol. The van der Waals surface area contributed by atoms with Gasteiger partial charge in [-0.1, -0.05) is 24.3 Å². The van der Waals surface area contributed by atoms with Gasteiger partial charge in [-0.25, -0.2) is 9.97 Å². The van der Waals surface area contributed by atoms with Crippen LogP contribution in [0.4, 0.5) is 5.82 Å². The highest BCUT2D eigenvalue weighted by molar-refractivity contribution is 6.21. The first-order valence-electron chi connectivity index (χ1n) is 11.6. The van der Waals surface area contributed by atoms with E-state index in [-0.39, 0.29) is 17.7 Å². The number of pyridine rings is 1. The van der Waals surface area contributed by atoms with Crippen LogP contribution in [0.1, 0.15) is 33.6 Å². The van der Waals surface area contributed by atoms with E-state index in [1.807, 2.05) is 30.3 Å². The number of para-hydroxylation sites is 1. The minimum Gasteiger partial charge on any atom is -0.356 e. The van der Waals surface area contributed by atoms with Crippen LogP contribution < -0.4 is 4.90 Å². The SMILES string of the molecule is O=C1c2ccccc2C(=O)N1CC1CCN(c2nc(-c3ccncc3)nc3ccccc23)CC1. The summed E-state index contributed by atoms with van der Waals surface area (Å²) in [5.74, 6) is 1.53.